The lowest BCUT2D eigenvalue weighted by Crippen LogP contribution is -2.30. The SMILES string of the molecule is CC(C)CCCCCCCCCCCCCCCCC(=O)OC[C@H](COC(=O)CCCCCCCCCCCCCC(C)C)OC(=O)CCCCCCCCCC(C)C. The monoisotopic (exact) mass is 835 g/mol. The summed E-state index contributed by atoms with van der Waals surface area (Å²) in [5.41, 5.74) is 0. The molecular weight excluding hydrogens is 733 g/mol. The van der Waals surface area contributed by atoms with Crippen LogP contribution in [0.4, 0.5) is 0 Å². The highest BCUT2D eigenvalue weighted by Gasteiger charge is 2.19. The lowest BCUT2D eigenvalue weighted by atomic mass is 10.0. The Morgan fingerprint density at radius 1 is 0.288 bits per heavy atom. The minimum atomic E-state index is -0.763. The second-order valence-corrected chi connectivity index (χ2v) is 19.6. The molecular formula is C53H102O6. The predicted octanol–water partition coefficient (Wildman–Crippen LogP) is 16.8. The zero-order valence-electron chi connectivity index (χ0n) is 40.5. The molecule has 0 rings (SSSR count). The molecule has 0 unspecified atom stereocenters. The summed E-state index contributed by atoms with van der Waals surface area (Å²) in [5.74, 6) is 1.59. The summed E-state index contributed by atoms with van der Waals surface area (Å²) in [5, 5.41) is 0. The molecule has 0 aliphatic heterocycles. The van der Waals surface area contributed by atoms with Gasteiger partial charge in [0.05, 0.1) is 0 Å². The van der Waals surface area contributed by atoms with Crippen LogP contribution in [-0.2, 0) is 28.6 Å². The molecule has 0 aromatic carbocycles. The molecule has 0 radical (unpaired) electrons. The number of carbonyl (C=O) groups excluding carboxylic acids is 3. The normalized spacial score (nSPS) is 12.2. The molecule has 0 aliphatic rings. The van der Waals surface area contributed by atoms with Gasteiger partial charge in [0.25, 0.3) is 0 Å². The molecule has 0 spiro atoms. The number of esters is 3. The third-order valence-corrected chi connectivity index (χ3v) is 11.9. The van der Waals surface area contributed by atoms with Crippen LogP contribution < -0.4 is 0 Å². The zero-order valence-corrected chi connectivity index (χ0v) is 40.5. The highest BCUT2D eigenvalue weighted by molar-refractivity contribution is 5.71. The lowest BCUT2D eigenvalue weighted by Gasteiger charge is -2.18. The average Bonchev–Trinajstić information content (AvgIpc) is 3.19. The van der Waals surface area contributed by atoms with Crippen molar-refractivity contribution in [3.63, 3.8) is 0 Å². The van der Waals surface area contributed by atoms with Gasteiger partial charge in [-0.2, -0.15) is 0 Å². The fourth-order valence-electron chi connectivity index (χ4n) is 7.94. The molecule has 6 nitrogen and oxygen atoms in total. The van der Waals surface area contributed by atoms with E-state index in [2.05, 4.69) is 41.5 Å². The Hall–Kier alpha value is -1.59. The fourth-order valence-corrected chi connectivity index (χ4v) is 7.94. The van der Waals surface area contributed by atoms with Gasteiger partial charge in [-0.1, -0.05) is 247 Å². The summed E-state index contributed by atoms with van der Waals surface area (Å²) in [4.78, 5) is 37.9. The van der Waals surface area contributed by atoms with Gasteiger partial charge in [0.1, 0.15) is 13.2 Å². The van der Waals surface area contributed by atoms with E-state index in [-0.39, 0.29) is 31.1 Å². The Morgan fingerprint density at radius 2 is 0.492 bits per heavy atom. The van der Waals surface area contributed by atoms with Crippen molar-refractivity contribution in [3.8, 4) is 0 Å². The molecule has 0 aromatic heterocycles. The van der Waals surface area contributed by atoms with Gasteiger partial charge in [0.2, 0.25) is 0 Å². The van der Waals surface area contributed by atoms with Gasteiger partial charge in [0, 0.05) is 19.3 Å². The number of ether oxygens (including phenoxy) is 3. The van der Waals surface area contributed by atoms with Crippen molar-refractivity contribution in [2.24, 2.45) is 17.8 Å². The highest BCUT2D eigenvalue weighted by Crippen LogP contribution is 2.18. The molecule has 350 valence electrons. The molecule has 0 heterocycles. The summed E-state index contributed by atoms with van der Waals surface area (Å²) < 4.78 is 16.8. The smallest absolute Gasteiger partial charge is 0.306 e. The van der Waals surface area contributed by atoms with Crippen molar-refractivity contribution in [3.05, 3.63) is 0 Å². The van der Waals surface area contributed by atoms with E-state index in [1.807, 2.05) is 0 Å². The Kier molecular flexibility index (Phi) is 43.3. The molecule has 1 atom stereocenters. The number of hydrogen-bond acceptors (Lipinski definition) is 6. The van der Waals surface area contributed by atoms with Crippen molar-refractivity contribution in [1.82, 2.24) is 0 Å². The number of unbranched alkanes of at least 4 members (excludes halogenated alkanes) is 29. The Balaban J connectivity index is 4.26. The average molecular weight is 835 g/mol. The van der Waals surface area contributed by atoms with Gasteiger partial charge in [0.15, 0.2) is 6.10 Å². The third-order valence-electron chi connectivity index (χ3n) is 11.9. The van der Waals surface area contributed by atoms with Crippen molar-refractivity contribution in [2.45, 2.75) is 292 Å². The third kappa shape index (κ3) is 47.3. The summed E-state index contributed by atoms with van der Waals surface area (Å²) in [7, 11) is 0. The van der Waals surface area contributed by atoms with Gasteiger partial charge in [-0.25, -0.2) is 0 Å². The van der Waals surface area contributed by atoms with Crippen molar-refractivity contribution in [1.29, 1.82) is 0 Å². The second-order valence-electron chi connectivity index (χ2n) is 19.6. The lowest BCUT2D eigenvalue weighted by molar-refractivity contribution is -0.167. The second kappa shape index (κ2) is 44.5. The largest absolute Gasteiger partial charge is 0.462 e. The maximum absolute atomic E-state index is 12.7. The number of hydrogen-bond donors (Lipinski definition) is 0. The van der Waals surface area contributed by atoms with Crippen molar-refractivity contribution >= 4 is 17.9 Å². The van der Waals surface area contributed by atoms with Crippen LogP contribution >= 0.6 is 0 Å². The first-order chi connectivity index (χ1) is 28.6. The summed E-state index contributed by atoms with van der Waals surface area (Å²) >= 11 is 0. The Bertz CT molecular complexity index is 914. The maximum atomic E-state index is 12.7. The fraction of sp³-hybridized carbons (Fsp3) is 0.943. The summed E-state index contributed by atoms with van der Waals surface area (Å²) in [6.07, 6.45) is 43.9. The summed E-state index contributed by atoms with van der Waals surface area (Å²) in [6.45, 7) is 13.7. The molecule has 0 aromatic rings. The molecule has 6 heteroatoms. The van der Waals surface area contributed by atoms with Gasteiger partial charge < -0.3 is 14.2 Å². The van der Waals surface area contributed by atoms with Gasteiger partial charge in [-0.3, -0.25) is 14.4 Å². The van der Waals surface area contributed by atoms with Crippen LogP contribution in [0, 0.1) is 17.8 Å². The van der Waals surface area contributed by atoms with Crippen LogP contribution in [0.15, 0.2) is 0 Å². The van der Waals surface area contributed by atoms with Crippen LogP contribution in [-0.4, -0.2) is 37.2 Å². The summed E-state index contributed by atoms with van der Waals surface area (Å²) in [6, 6.07) is 0. The van der Waals surface area contributed by atoms with Gasteiger partial charge in [-0.15, -0.1) is 0 Å². The van der Waals surface area contributed by atoms with Crippen LogP contribution in [0.25, 0.3) is 0 Å². The van der Waals surface area contributed by atoms with Crippen LogP contribution in [0.2, 0.25) is 0 Å². The van der Waals surface area contributed by atoms with Crippen LogP contribution in [0.1, 0.15) is 286 Å². The van der Waals surface area contributed by atoms with E-state index in [1.54, 1.807) is 0 Å². The molecule has 0 bridgehead atoms. The topological polar surface area (TPSA) is 78.9 Å². The standard InChI is InChI=1S/C53H102O6/c1-47(2)39-33-27-21-16-12-9-7-8-10-14-18-24-30-36-42-51(54)57-45-50(59-53(56)44-38-32-26-20-23-29-35-41-49(5)6)46-58-52(55)43-37-31-25-19-15-11-13-17-22-28-34-40-48(3)4/h47-50H,7-46H2,1-6H3/t50-/m1/s1. The number of carbonyl (C=O) groups is 3. The maximum Gasteiger partial charge on any atom is 0.306 e. The van der Waals surface area contributed by atoms with Crippen molar-refractivity contribution in [2.75, 3.05) is 13.2 Å². The number of rotatable bonds is 46. The molecule has 0 saturated carbocycles. The van der Waals surface area contributed by atoms with Crippen LogP contribution in [0.5, 0.6) is 0 Å². The molecule has 59 heavy (non-hydrogen) atoms. The zero-order chi connectivity index (χ0) is 43.4. The quantitative estimate of drug-likeness (QED) is 0.0345. The molecule has 0 saturated heterocycles. The van der Waals surface area contributed by atoms with Crippen molar-refractivity contribution < 1.29 is 28.6 Å². The van der Waals surface area contributed by atoms with E-state index in [9.17, 15) is 14.4 Å². The Labute approximate surface area is 368 Å². The van der Waals surface area contributed by atoms with E-state index in [4.69, 9.17) is 14.2 Å². The van der Waals surface area contributed by atoms with Crippen LogP contribution in [0.3, 0.4) is 0 Å². The minimum Gasteiger partial charge on any atom is -0.462 e. The molecule has 0 amide bonds. The highest BCUT2D eigenvalue weighted by atomic mass is 16.6. The van der Waals surface area contributed by atoms with Gasteiger partial charge >= 0.3 is 17.9 Å². The first kappa shape index (κ1) is 57.4. The molecule has 0 aliphatic carbocycles. The van der Waals surface area contributed by atoms with E-state index >= 15 is 0 Å². The molecule has 0 fully saturated rings. The minimum absolute atomic E-state index is 0.0652. The van der Waals surface area contributed by atoms with E-state index in [0.29, 0.717) is 19.3 Å². The molecule has 0 N–H and O–H groups in total. The Morgan fingerprint density at radius 3 is 0.729 bits per heavy atom. The van der Waals surface area contributed by atoms with E-state index < -0.39 is 6.10 Å². The van der Waals surface area contributed by atoms with E-state index in [0.717, 1.165) is 75.5 Å². The van der Waals surface area contributed by atoms with E-state index in [1.165, 1.54) is 167 Å². The predicted molar refractivity (Wildman–Crippen MR) is 252 cm³/mol. The first-order valence-electron chi connectivity index (χ1n) is 26.1. The first-order valence-corrected chi connectivity index (χ1v) is 26.1. The van der Waals surface area contributed by atoms with Gasteiger partial charge in [-0.05, 0) is 37.0 Å².